The molecule has 1 N–H and O–H groups in total. The third-order valence-electron chi connectivity index (χ3n) is 9.84. The normalized spacial score (nSPS) is 12.3. The lowest BCUT2D eigenvalue weighted by Gasteiger charge is -2.41. The number of carbonyl (C=O) groups is 1. The van der Waals surface area contributed by atoms with Crippen molar-refractivity contribution in [2.45, 2.75) is 173 Å². The highest BCUT2D eigenvalue weighted by molar-refractivity contribution is 6.98. The molecule has 0 atom stereocenters. The van der Waals surface area contributed by atoms with Crippen molar-refractivity contribution in [1.29, 1.82) is 0 Å². The van der Waals surface area contributed by atoms with Crippen LogP contribution in [0.3, 0.4) is 0 Å². The fourth-order valence-corrected chi connectivity index (χ4v) is 10.6. The molecule has 0 unspecified atom stereocenters. The molecule has 2 aromatic carbocycles. The van der Waals surface area contributed by atoms with Gasteiger partial charge in [0.25, 0.3) is 8.32 Å². The van der Waals surface area contributed by atoms with Gasteiger partial charge in [0.15, 0.2) is 0 Å². The summed E-state index contributed by atoms with van der Waals surface area (Å²) in [6, 6.07) is 20.7. The van der Waals surface area contributed by atoms with Gasteiger partial charge < -0.3 is 4.80 Å². The second kappa shape index (κ2) is 24.2. The van der Waals surface area contributed by atoms with E-state index in [2.05, 4.69) is 81.5 Å². The fraction of sp³-hybridized carbons (Fsp3) is 0.643. The second-order valence-electron chi connectivity index (χ2n) is 14.2. The highest BCUT2D eigenvalue weighted by atomic mass is 28.4. The number of rotatable bonds is 28. The molecule has 252 valence electrons. The summed E-state index contributed by atoms with van der Waals surface area (Å²) in [6.07, 6.45) is 32.6. The van der Waals surface area contributed by atoms with Crippen molar-refractivity contribution in [3.63, 3.8) is 0 Å². The molecule has 0 amide bonds. The van der Waals surface area contributed by atoms with Crippen LogP contribution in [0.2, 0.25) is 5.04 Å². The quantitative estimate of drug-likeness (QED) is 0.0575. The van der Waals surface area contributed by atoms with Crippen molar-refractivity contribution in [3.05, 3.63) is 72.8 Å². The van der Waals surface area contributed by atoms with Crippen LogP contribution in [0.15, 0.2) is 72.8 Å². The number of unbranched alkanes of at least 4 members (excludes halogenated alkanes) is 17. The Morgan fingerprint density at radius 3 is 1.40 bits per heavy atom. The molecule has 45 heavy (non-hydrogen) atoms. The van der Waals surface area contributed by atoms with Crippen LogP contribution >= 0.6 is 0 Å². The zero-order valence-electron chi connectivity index (χ0n) is 29.5. The summed E-state index contributed by atoms with van der Waals surface area (Å²) in [5.41, 5.74) is 0. The Hall–Kier alpha value is -1.97. The van der Waals surface area contributed by atoms with Crippen LogP contribution in [0.1, 0.15) is 168 Å². The Morgan fingerprint density at radius 1 is 0.578 bits per heavy atom. The second-order valence-corrected chi connectivity index (χ2v) is 18.1. The molecule has 0 aliphatic heterocycles. The first kappa shape index (κ1) is 39.2. The lowest BCUT2D eigenvalue weighted by atomic mass is 10.0. The third kappa shape index (κ3) is 15.9. The summed E-state index contributed by atoms with van der Waals surface area (Å²) in [4.78, 5) is 24.6. The van der Waals surface area contributed by atoms with Crippen LogP contribution in [0.4, 0.5) is 0 Å². The number of benzene rings is 2. The van der Waals surface area contributed by atoms with Gasteiger partial charge in [0, 0.05) is 12.8 Å². The first-order valence-electron chi connectivity index (χ1n) is 18.9. The Morgan fingerprint density at radius 2 is 0.956 bits per heavy atom. The molecule has 3 heteroatoms. The van der Waals surface area contributed by atoms with E-state index in [-0.39, 0.29) is 5.04 Å². The maximum absolute atomic E-state index is 12.3. The van der Waals surface area contributed by atoms with Crippen molar-refractivity contribution in [1.82, 2.24) is 0 Å². The molecule has 0 aliphatic rings. The molecule has 0 fully saturated rings. The average Bonchev–Trinajstić information content (AvgIpc) is 3.06. The minimum atomic E-state index is -2.89. The topological polar surface area (TPSA) is 37.3 Å². The zero-order valence-corrected chi connectivity index (χ0v) is 30.5. The largest absolute Gasteiger partial charge is 0.424 e. The van der Waals surface area contributed by atoms with Crippen LogP contribution in [-0.2, 0) is 4.79 Å². The monoisotopic (exact) mass is 632 g/mol. The van der Waals surface area contributed by atoms with E-state index in [1.54, 1.807) is 0 Å². The van der Waals surface area contributed by atoms with E-state index in [0.717, 1.165) is 48.9 Å². The van der Waals surface area contributed by atoms with Crippen molar-refractivity contribution in [2.75, 3.05) is 0 Å². The molecule has 0 saturated carbocycles. The predicted octanol–water partition coefficient (Wildman–Crippen LogP) is 11.6. The summed E-state index contributed by atoms with van der Waals surface area (Å²) in [5.74, 6) is 0.477. The highest BCUT2D eigenvalue weighted by Crippen LogP contribution is 2.40. The third-order valence-corrected chi connectivity index (χ3v) is 14.4. The number of hydrogen-bond donors (Lipinski definition) is 1. The van der Waals surface area contributed by atoms with Crippen molar-refractivity contribution >= 4 is 24.5 Å². The van der Waals surface area contributed by atoms with Gasteiger partial charge in [0.05, 0.1) is 0 Å². The van der Waals surface area contributed by atoms with E-state index in [4.69, 9.17) is 0 Å². The lowest BCUT2D eigenvalue weighted by molar-refractivity contribution is -0.119. The molecule has 2 aromatic rings. The summed E-state index contributed by atoms with van der Waals surface area (Å²) in [7, 11) is -2.89. The van der Waals surface area contributed by atoms with E-state index in [1.807, 2.05) is 12.1 Å². The SMILES string of the molecule is CCCCCCC/C=C\CCCCCCCCC(=O)CCCCCCCCCC(C)(C)[Si](O)(c1ccccc1)c1ccccc1. The maximum atomic E-state index is 12.3. The molecule has 0 bridgehead atoms. The van der Waals surface area contributed by atoms with Gasteiger partial charge in [-0.15, -0.1) is 0 Å². The van der Waals surface area contributed by atoms with Crippen LogP contribution in [0, 0.1) is 0 Å². The zero-order chi connectivity index (χ0) is 32.5. The minimum Gasteiger partial charge on any atom is -0.424 e. The van der Waals surface area contributed by atoms with E-state index in [9.17, 15) is 9.59 Å². The molecule has 2 nitrogen and oxygen atoms in total. The Labute approximate surface area is 279 Å². The molecule has 0 aliphatic carbocycles. The number of allylic oxidation sites excluding steroid dienone is 2. The molecule has 0 spiro atoms. The summed E-state index contributed by atoms with van der Waals surface area (Å²) in [5, 5.41) is 2.06. The van der Waals surface area contributed by atoms with Crippen molar-refractivity contribution in [3.8, 4) is 0 Å². The van der Waals surface area contributed by atoms with E-state index in [1.165, 1.54) is 109 Å². The van der Waals surface area contributed by atoms with Gasteiger partial charge >= 0.3 is 0 Å². The summed E-state index contributed by atoms with van der Waals surface area (Å²) >= 11 is 0. The van der Waals surface area contributed by atoms with Crippen LogP contribution in [0.25, 0.3) is 0 Å². The predicted molar refractivity (Wildman–Crippen MR) is 200 cm³/mol. The Balaban J connectivity index is 1.45. The van der Waals surface area contributed by atoms with E-state index in [0.29, 0.717) is 5.78 Å². The molecular formula is C42H68O2Si. The van der Waals surface area contributed by atoms with Gasteiger partial charge in [-0.05, 0) is 60.4 Å². The van der Waals surface area contributed by atoms with Gasteiger partial charge in [-0.3, -0.25) is 4.79 Å². The van der Waals surface area contributed by atoms with Crippen LogP contribution < -0.4 is 10.4 Å². The molecule has 0 radical (unpaired) electrons. The fourth-order valence-electron chi connectivity index (χ4n) is 6.78. The highest BCUT2D eigenvalue weighted by Gasteiger charge is 2.49. The molecule has 0 aromatic heterocycles. The smallest absolute Gasteiger partial charge is 0.258 e. The maximum Gasteiger partial charge on any atom is 0.258 e. The van der Waals surface area contributed by atoms with Crippen LogP contribution in [0.5, 0.6) is 0 Å². The van der Waals surface area contributed by atoms with Gasteiger partial charge in [-0.1, -0.05) is 183 Å². The van der Waals surface area contributed by atoms with Crippen LogP contribution in [-0.4, -0.2) is 18.9 Å². The van der Waals surface area contributed by atoms with Crippen molar-refractivity contribution in [2.24, 2.45) is 0 Å². The summed E-state index contributed by atoms with van der Waals surface area (Å²) < 4.78 is 0. The van der Waals surface area contributed by atoms with Crippen molar-refractivity contribution < 1.29 is 9.59 Å². The van der Waals surface area contributed by atoms with Gasteiger partial charge in [0.2, 0.25) is 0 Å². The number of carbonyl (C=O) groups excluding carboxylic acids is 1. The first-order chi connectivity index (χ1) is 21.9. The lowest BCUT2D eigenvalue weighted by Crippen LogP contribution is -2.65. The molecule has 2 rings (SSSR count). The number of Topliss-reactive ketones (excluding diaryl/α,β-unsaturated/α-hetero) is 1. The number of hydrogen-bond acceptors (Lipinski definition) is 2. The Kier molecular flexibility index (Phi) is 21.1. The minimum absolute atomic E-state index is 0.152. The standard InChI is InChI=1S/C42H68O2Si/c1-4-5-6-7-8-9-10-11-12-13-14-15-17-20-25-32-39(43)33-26-21-18-16-19-22-31-38-42(2,3)45(44,40-34-27-23-28-35-40)41-36-29-24-30-37-41/h10-11,23-24,27-30,34-37,44H,4-9,12-22,25-26,31-33,38H2,1-3H3/b11-10-. The average molecular weight is 633 g/mol. The van der Waals surface area contributed by atoms with E-state index < -0.39 is 8.32 Å². The Bertz CT molecular complexity index is 974. The van der Waals surface area contributed by atoms with Gasteiger partial charge in [0.1, 0.15) is 5.78 Å². The molecular weight excluding hydrogens is 565 g/mol. The molecule has 0 saturated heterocycles. The van der Waals surface area contributed by atoms with Gasteiger partial charge in [-0.25, -0.2) is 0 Å². The van der Waals surface area contributed by atoms with Gasteiger partial charge in [-0.2, -0.15) is 0 Å². The van der Waals surface area contributed by atoms with E-state index >= 15 is 0 Å². The number of ketones is 1. The first-order valence-corrected chi connectivity index (χ1v) is 20.9. The molecule has 0 heterocycles. The summed E-state index contributed by atoms with van der Waals surface area (Å²) in [6.45, 7) is 6.82.